The van der Waals surface area contributed by atoms with Gasteiger partial charge in [-0.05, 0) is 88.3 Å². The van der Waals surface area contributed by atoms with Crippen LogP contribution in [0.2, 0.25) is 0 Å². The van der Waals surface area contributed by atoms with Crippen molar-refractivity contribution < 1.29 is 19.4 Å². The van der Waals surface area contributed by atoms with E-state index < -0.39 is 11.6 Å². The van der Waals surface area contributed by atoms with E-state index >= 15 is 0 Å². The molecule has 1 aliphatic heterocycles. The van der Waals surface area contributed by atoms with Gasteiger partial charge in [-0.3, -0.25) is 4.79 Å². The van der Waals surface area contributed by atoms with Gasteiger partial charge in [0.25, 0.3) is 5.91 Å². The van der Waals surface area contributed by atoms with Gasteiger partial charge in [-0.2, -0.15) is 4.98 Å². The zero-order valence-corrected chi connectivity index (χ0v) is 21.3. The number of aryl methyl sites for hydroxylation is 1. The van der Waals surface area contributed by atoms with Crippen molar-refractivity contribution in [3.8, 4) is 5.88 Å². The molecule has 2 amide bonds. The quantitative estimate of drug-likeness (QED) is 0.551. The van der Waals surface area contributed by atoms with E-state index in [0.717, 1.165) is 57.2 Å². The molecule has 4 aliphatic carbocycles. The third-order valence-corrected chi connectivity index (χ3v) is 8.72. The van der Waals surface area contributed by atoms with E-state index in [1.165, 1.54) is 0 Å². The summed E-state index contributed by atoms with van der Waals surface area (Å²) >= 11 is 0. The molecule has 4 bridgehead atoms. The number of aromatic nitrogens is 2. The number of rotatable bonds is 6. The molecule has 3 atom stereocenters. The molecule has 37 heavy (non-hydrogen) atoms. The Morgan fingerprint density at radius 2 is 1.78 bits per heavy atom. The number of nitrogens with zero attached hydrogens (tertiary/aromatic N) is 3. The smallest absolute Gasteiger partial charge is 0.394 e. The molecule has 196 valence electrons. The van der Waals surface area contributed by atoms with Crippen LogP contribution in [0.25, 0.3) is 0 Å². The first-order valence-electron chi connectivity index (χ1n) is 13.5. The molecule has 0 spiro atoms. The highest BCUT2D eigenvalue weighted by atomic mass is 16.6. The van der Waals surface area contributed by atoms with Gasteiger partial charge in [-0.15, -0.1) is 0 Å². The van der Waals surface area contributed by atoms with Crippen LogP contribution in [-0.4, -0.2) is 57.3 Å². The molecule has 7 rings (SSSR count). The van der Waals surface area contributed by atoms with Crippen molar-refractivity contribution in [1.29, 1.82) is 0 Å². The minimum atomic E-state index is -0.506. The van der Waals surface area contributed by atoms with Crippen LogP contribution in [0.4, 0.5) is 10.6 Å². The molecule has 2 unspecified atom stereocenters. The number of anilines is 1. The molecule has 2 aromatic heterocycles. The fourth-order valence-electron chi connectivity index (χ4n) is 7.81. The fourth-order valence-corrected chi connectivity index (χ4v) is 7.81. The van der Waals surface area contributed by atoms with Gasteiger partial charge in [-0.1, -0.05) is 12.1 Å². The Morgan fingerprint density at radius 3 is 2.51 bits per heavy atom. The van der Waals surface area contributed by atoms with Crippen LogP contribution in [0.3, 0.4) is 0 Å². The second kappa shape index (κ2) is 9.28. The number of carbonyl (C=O) groups is 2. The lowest BCUT2D eigenvalue weighted by atomic mass is 9.50. The normalized spacial score (nSPS) is 31.8. The number of hydrogen-bond donors (Lipinski definition) is 3. The number of aliphatic hydroxyl groups excluding tert-OH is 1. The van der Waals surface area contributed by atoms with Crippen LogP contribution in [0, 0.1) is 18.8 Å². The molecule has 9 heteroatoms. The summed E-state index contributed by atoms with van der Waals surface area (Å²) in [4.78, 5) is 37.3. The Kier molecular flexibility index (Phi) is 6.06. The summed E-state index contributed by atoms with van der Waals surface area (Å²) in [5.41, 5.74) is 0.508. The van der Waals surface area contributed by atoms with Crippen molar-refractivity contribution in [1.82, 2.24) is 20.6 Å². The molecule has 4 saturated carbocycles. The molecule has 9 nitrogen and oxygen atoms in total. The lowest BCUT2D eigenvalue weighted by Crippen LogP contribution is -2.70. The van der Waals surface area contributed by atoms with E-state index in [1.54, 1.807) is 12.1 Å². The minimum absolute atomic E-state index is 0.0463. The van der Waals surface area contributed by atoms with Gasteiger partial charge in [0.05, 0.1) is 12.6 Å². The maximum absolute atomic E-state index is 13.1. The maximum Gasteiger partial charge on any atom is 0.414 e. The van der Waals surface area contributed by atoms with Crippen LogP contribution >= 0.6 is 0 Å². The number of pyridine rings is 2. The van der Waals surface area contributed by atoms with Crippen molar-refractivity contribution in [2.45, 2.75) is 75.4 Å². The van der Waals surface area contributed by atoms with E-state index in [0.29, 0.717) is 29.8 Å². The molecular formula is C28H35N5O4. The fraction of sp³-hybridized carbons (Fsp3) is 0.571. The first-order chi connectivity index (χ1) is 17.8. The van der Waals surface area contributed by atoms with E-state index in [2.05, 4.69) is 25.5 Å². The van der Waals surface area contributed by atoms with Crippen molar-refractivity contribution in [2.24, 2.45) is 11.8 Å². The molecule has 3 N–H and O–H groups in total. The van der Waals surface area contributed by atoms with E-state index in [9.17, 15) is 14.7 Å². The van der Waals surface area contributed by atoms with E-state index in [4.69, 9.17) is 4.74 Å². The minimum Gasteiger partial charge on any atom is -0.394 e. The molecule has 5 aliphatic rings. The van der Waals surface area contributed by atoms with Crippen LogP contribution < -0.4 is 20.3 Å². The monoisotopic (exact) mass is 505 g/mol. The largest absolute Gasteiger partial charge is 0.414 e. The van der Waals surface area contributed by atoms with Gasteiger partial charge in [0.15, 0.2) is 0 Å². The first kappa shape index (κ1) is 24.2. The summed E-state index contributed by atoms with van der Waals surface area (Å²) in [6.45, 7) is 2.79. The van der Waals surface area contributed by atoms with E-state index in [1.807, 2.05) is 31.2 Å². The number of amides is 2. The highest BCUT2D eigenvalue weighted by molar-refractivity contribution is 5.93. The van der Waals surface area contributed by atoms with Crippen molar-refractivity contribution in [3.63, 3.8) is 0 Å². The van der Waals surface area contributed by atoms with Crippen LogP contribution in [0.1, 0.15) is 67.5 Å². The van der Waals surface area contributed by atoms with Gasteiger partial charge in [0, 0.05) is 29.4 Å². The second-order valence-corrected chi connectivity index (χ2v) is 11.7. The predicted molar refractivity (Wildman–Crippen MR) is 137 cm³/mol. The van der Waals surface area contributed by atoms with Crippen molar-refractivity contribution >= 4 is 17.8 Å². The third-order valence-electron chi connectivity index (χ3n) is 8.72. The molecule has 2 aromatic rings. The summed E-state index contributed by atoms with van der Waals surface area (Å²) in [5.74, 6) is 1.73. The van der Waals surface area contributed by atoms with E-state index in [-0.39, 0.29) is 30.0 Å². The second-order valence-electron chi connectivity index (χ2n) is 11.7. The Labute approximate surface area is 217 Å². The lowest BCUT2D eigenvalue weighted by Gasteiger charge is -2.61. The predicted octanol–water partition coefficient (Wildman–Crippen LogP) is 3.36. The summed E-state index contributed by atoms with van der Waals surface area (Å²) < 4.78 is 5.67. The molecule has 1 saturated heterocycles. The topological polar surface area (TPSA) is 117 Å². The summed E-state index contributed by atoms with van der Waals surface area (Å²) in [6.07, 6.45) is 6.93. The average Bonchev–Trinajstić information content (AvgIpc) is 3.32. The lowest BCUT2D eigenvalue weighted by molar-refractivity contribution is -0.0450. The summed E-state index contributed by atoms with van der Waals surface area (Å²) in [5, 5.41) is 16.2. The van der Waals surface area contributed by atoms with Gasteiger partial charge in [0.1, 0.15) is 11.5 Å². The molecule has 0 radical (unpaired) electrons. The Hall–Kier alpha value is -3.20. The summed E-state index contributed by atoms with van der Waals surface area (Å²) in [6, 6.07) is 10.9. The Balaban J connectivity index is 1.15. The van der Waals surface area contributed by atoms with Gasteiger partial charge < -0.3 is 25.4 Å². The van der Waals surface area contributed by atoms with Crippen LogP contribution in [0.15, 0.2) is 36.4 Å². The Morgan fingerprint density at radius 1 is 1.05 bits per heavy atom. The number of carbonyl (C=O) groups excluding carboxylic acids is 2. The average molecular weight is 506 g/mol. The van der Waals surface area contributed by atoms with Crippen molar-refractivity contribution in [3.05, 3.63) is 47.8 Å². The molecule has 3 heterocycles. The third kappa shape index (κ3) is 4.77. The van der Waals surface area contributed by atoms with Gasteiger partial charge in [0.2, 0.25) is 5.88 Å². The number of hydrogen-bond acceptors (Lipinski definition) is 7. The molecular weight excluding hydrogens is 470 g/mol. The number of nitrogens with one attached hydrogen (secondary N) is 2. The van der Waals surface area contributed by atoms with Gasteiger partial charge >= 0.3 is 6.09 Å². The van der Waals surface area contributed by atoms with Gasteiger partial charge in [-0.25, -0.2) is 9.78 Å². The number of aliphatic hydroxyl groups is 1. The zero-order valence-electron chi connectivity index (χ0n) is 21.3. The first-order valence-corrected chi connectivity index (χ1v) is 13.5. The SMILES string of the molecule is Cc1cccc(C(=O)NC23CC4CC(CC(NC(=O)Oc5cccc(N6CCC[C@@H]6CO)n5)(C4)C2)C3)n1. The van der Waals surface area contributed by atoms with Crippen LogP contribution in [0.5, 0.6) is 5.88 Å². The zero-order chi connectivity index (χ0) is 25.6. The van der Waals surface area contributed by atoms with Crippen LogP contribution in [-0.2, 0) is 0 Å². The highest BCUT2D eigenvalue weighted by Crippen LogP contribution is 2.57. The number of ether oxygens (including phenoxy) is 1. The molecule has 5 fully saturated rings. The highest BCUT2D eigenvalue weighted by Gasteiger charge is 2.59. The Bertz CT molecular complexity index is 1190. The maximum atomic E-state index is 13.1. The molecule has 0 aromatic carbocycles. The summed E-state index contributed by atoms with van der Waals surface area (Å²) in [7, 11) is 0. The standard InChI is InChI=1S/C28H35N5O4/c1-18-5-2-7-22(29-18)25(35)31-27-12-19-11-20(13-27)15-28(14-19,17-27)32-26(36)37-24-9-3-8-23(30-24)33-10-4-6-21(33)16-34/h2-3,5,7-9,19-21,34H,4,6,10-17H2,1H3,(H,31,35)(H,32,36)/t19?,20?,21-,27?,28?/m1/s1. The van der Waals surface area contributed by atoms with Crippen molar-refractivity contribution in [2.75, 3.05) is 18.1 Å².